The van der Waals surface area contributed by atoms with E-state index in [-0.39, 0.29) is 11.8 Å². The van der Waals surface area contributed by atoms with Crippen molar-refractivity contribution < 1.29 is 14.3 Å². The van der Waals surface area contributed by atoms with Crippen LogP contribution in [0.15, 0.2) is 49.3 Å². The van der Waals surface area contributed by atoms with Crippen LogP contribution in [0, 0.1) is 11.8 Å². The molecule has 8 nitrogen and oxygen atoms in total. The Morgan fingerprint density at radius 3 is 2.95 bits per heavy atom. The molecule has 0 aliphatic carbocycles. The van der Waals surface area contributed by atoms with Crippen LogP contribution in [0.3, 0.4) is 0 Å². The molecule has 1 unspecified atom stereocenters. The normalized spacial score (nSPS) is 18.0. The van der Waals surface area contributed by atoms with Crippen LogP contribution in [0.4, 0.5) is 11.4 Å². The number of anilines is 2. The largest absolute Gasteiger partial charge is 0.493 e. The Labute approximate surface area is 220 Å². The van der Waals surface area contributed by atoms with Crippen molar-refractivity contribution in [3.63, 3.8) is 0 Å². The highest BCUT2D eigenvalue weighted by atomic mass is 35.5. The number of nitrogens with one attached hydrogen (secondary N) is 3. The van der Waals surface area contributed by atoms with Gasteiger partial charge in [-0.1, -0.05) is 36.1 Å². The highest BCUT2D eigenvalue weighted by Crippen LogP contribution is 2.41. The highest BCUT2D eigenvalue weighted by Gasteiger charge is 2.41. The minimum absolute atomic E-state index is 0.139. The first-order chi connectivity index (χ1) is 17.9. The summed E-state index contributed by atoms with van der Waals surface area (Å²) in [5.74, 6) is 6.67. The molecule has 0 spiro atoms. The average molecular weight is 516 g/mol. The molecule has 2 aromatic heterocycles. The highest BCUT2D eigenvalue weighted by molar-refractivity contribution is 6.32. The van der Waals surface area contributed by atoms with Gasteiger partial charge in [0.05, 0.1) is 40.3 Å². The lowest BCUT2D eigenvalue weighted by Crippen LogP contribution is -2.59. The monoisotopic (exact) mass is 515 g/mol. The van der Waals surface area contributed by atoms with Gasteiger partial charge in [0.15, 0.2) is 5.75 Å². The zero-order valence-electron chi connectivity index (χ0n) is 20.6. The Bertz CT molecular complexity index is 1480. The molecule has 2 aliphatic rings. The van der Waals surface area contributed by atoms with Crippen LogP contribution in [-0.2, 0) is 11.2 Å². The molecule has 0 saturated carbocycles. The van der Waals surface area contributed by atoms with Crippen molar-refractivity contribution in [2.45, 2.75) is 25.3 Å². The van der Waals surface area contributed by atoms with Crippen molar-refractivity contribution in [3.05, 3.63) is 71.2 Å². The van der Waals surface area contributed by atoms with E-state index in [4.69, 9.17) is 16.3 Å². The molecule has 4 heterocycles. The van der Waals surface area contributed by atoms with Crippen LogP contribution in [0.25, 0.3) is 11.3 Å². The number of aromatic nitrogens is 2. The first kappa shape index (κ1) is 24.5. The van der Waals surface area contributed by atoms with Crippen LogP contribution in [-0.4, -0.2) is 52.4 Å². The summed E-state index contributed by atoms with van der Waals surface area (Å²) in [4.78, 5) is 34.6. The summed E-state index contributed by atoms with van der Waals surface area (Å²) >= 11 is 6.36. The number of benzene rings is 1. The number of fused-ring (bicyclic) bond motifs is 1. The average Bonchev–Trinajstić information content (AvgIpc) is 3.26. The van der Waals surface area contributed by atoms with Gasteiger partial charge >= 0.3 is 0 Å². The third kappa shape index (κ3) is 4.32. The number of aromatic amines is 1. The van der Waals surface area contributed by atoms with Gasteiger partial charge in [-0.3, -0.25) is 14.6 Å². The fraction of sp³-hybridized carbons (Fsp3) is 0.250. The fourth-order valence-electron chi connectivity index (χ4n) is 4.72. The molecule has 5 rings (SSSR count). The molecule has 1 atom stereocenters. The van der Waals surface area contributed by atoms with E-state index in [1.54, 1.807) is 30.5 Å². The van der Waals surface area contributed by atoms with E-state index in [1.807, 2.05) is 25.1 Å². The zero-order chi connectivity index (χ0) is 26.2. The second kappa shape index (κ2) is 9.68. The van der Waals surface area contributed by atoms with Gasteiger partial charge in [0.25, 0.3) is 5.91 Å². The number of carbonyl (C=O) groups is 2. The van der Waals surface area contributed by atoms with Crippen molar-refractivity contribution in [2.24, 2.45) is 0 Å². The number of carbonyl (C=O) groups excluding carboxylic acids is 2. The maximum Gasteiger partial charge on any atom is 0.255 e. The van der Waals surface area contributed by atoms with Crippen LogP contribution in [0.5, 0.6) is 5.75 Å². The van der Waals surface area contributed by atoms with Crippen LogP contribution in [0.2, 0.25) is 5.02 Å². The van der Waals surface area contributed by atoms with E-state index in [0.717, 1.165) is 17.7 Å². The predicted molar refractivity (Wildman–Crippen MR) is 143 cm³/mol. The summed E-state index contributed by atoms with van der Waals surface area (Å²) in [6, 6.07) is 7.24. The number of ether oxygens (including phenoxy) is 1. The molecule has 9 heteroatoms. The van der Waals surface area contributed by atoms with Gasteiger partial charge in [-0.25, -0.2) is 0 Å². The number of rotatable bonds is 5. The van der Waals surface area contributed by atoms with Crippen molar-refractivity contribution >= 4 is 34.8 Å². The number of pyridine rings is 1. The molecule has 2 aliphatic heterocycles. The molecule has 1 fully saturated rings. The van der Waals surface area contributed by atoms with Gasteiger partial charge in [0.2, 0.25) is 5.91 Å². The quantitative estimate of drug-likeness (QED) is 0.347. The lowest BCUT2D eigenvalue weighted by Gasteiger charge is -2.46. The van der Waals surface area contributed by atoms with Crippen molar-refractivity contribution in [2.75, 3.05) is 25.5 Å². The van der Waals surface area contributed by atoms with E-state index in [2.05, 4.69) is 39.0 Å². The lowest BCUT2D eigenvalue weighted by molar-refractivity contribution is -0.136. The third-order valence-corrected chi connectivity index (χ3v) is 7.11. The van der Waals surface area contributed by atoms with Gasteiger partial charge in [0, 0.05) is 43.2 Å². The number of amides is 2. The molecule has 3 N–H and O–H groups in total. The number of methoxy groups -OCH3 is 1. The molecule has 1 aromatic carbocycles. The predicted octanol–water partition coefficient (Wildman–Crippen LogP) is 4.30. The molecule has 3 aromatic rings. The molecular weight excluding hydrogens is 490 g/mol. The Balaban J connectivity index is 1.62. The molecule has 37 heavy (non-hydrogen) atoms. The Morgan fingerprint density at radius 2 is 2.22 bits per heavy atom. The maximum absolute atomic E-state index is 13.0. The fourth-order valence-corrected chi connectivity index (χ4v) is 4.97. The smallest absolute Gasteiger partial charge is 0.255 e. The molecular formula is C28H26ClN5O3. The number of hydrogen-bond donors (Lipinski definition) is 3. The first-order valence-corrected chi connectivity index (χ1v) is 12.3. The van der Waals surface area contributed by atoms with Gasteiger partial charge in [-0.15, -0.1) is 0 Å². The maximum atomic E-state index is 13.0. The molecule has 0 bridgehead atoms. The summed E-state index contributed by atoms with van der Waals surface area (Å²) in [7, 11) is 1.55. The molecule has 1 saturated heterocycles. The van der Waals surface area contributed by atoms with E-state index in [9.17, 15) is 9.59 Å². The zero-order valence-corrected chi connectivity index (χ0v) is 21.3. The van der Waals surface area contributed by atoms with E-state index >= 15 is 0 Å². The van der Waals surface area contributed by atoms with Crippen molar-refractivity contribution in [1.82, 2.24) is 20.2 Å². The van der Waals surface area contributed by atoms with Crippen LogP contribution in [0.1, 0.15) is 35.0 Å². The van der Waals surface area contributed by atoms with Crippen molar-refractivity contribution in [1.29, 1.82) is 0 Å². The SMILES string of the molecule is C=CC(=O)N1CCC1(C)C#Cc1cnccc1-c1[nH]c2c(c1Nc1cccc(Cl)c1OC)C(=O)NCC2. The Kier molecular flexibility index (Phi) is 6.40. The summed E-state index contributed by atoms with van der Waals surface area (Å²) in [5.41, 5.74) is 4.15. The summed E-state index contributed by atoms with van der Waals surface area (Å²) in [6.07, 6.45) is 6.11. The standard InChI is InChI=1S/C28H26ClN5O3/c1-4-22(35)34-15-12-28(34,2)11-8-17-16-30-13-9-18(17)24-25(23-20(32-24)10-14-31-27(23)36)33-21-7-5-6-19(29)26(21)37-3/h4-7,9,13,16,32-33H,1,10,12,14-15H2,2-3H3,(H,31,36). The van der Waals surface area contributed by atoms with Gasteiger partial charge in [-0.05, 0) is 37.6 Å². The van der Waals surface area contributed by atoms with Crippen molar-refractivity contribution in [3.8, 4) is 28.8 Å². The van der Waals surface area contributed by atoms with Gasteiger partial charge in [-0.2, -0.15) is 0 Å². The van der Waals surface area contributed by atoms with E-state index in [0.29, 0.717) is 58.5 Å². The minimum atomic E-state index is -0.581. The minimum Gasteiger partial charge on any atom is -0.493 e. The van der Waals surface area contributed by atoms with E-state index in [1.165, 1.54) is 6.08 Å². The summed E-state index contributed by atoms with van der Waals surface area (Å²) < 4.78 is 5.52. The topological polar surface area (TPSA) is 99.3 Å². The molecule has 188 valence electrons. The number of para-hydroxylation sites is 1. The second-order valence-electron chi connectivity index (χ2n) is 9.07. The number of halogens is 1. The number of hydrogen-bond acceptors (Lipinski definition) is 5. The van der Waals surface area contributed by atoms with Crippen LogP contribution < -0.4 is 15.4 Å². The molecule has 2 amide bonds. The number of likely N-dealkylation sites (tertiary alicyclic amines) is 1. The number of H-pyrrole nitrogens is 1. The lowest BCUT2D eigenvalue weighted by atomic mass is 9.86. The van der Waals surface area contributed by atoms with Gasteiger partial charge < -0.3 is 25.3 Å². The third-order valence-electron chi connectivity index (χ3n) is 6.81. The Morgan fingerprint density at radius 1 is 1.38 bits per heavy atom. The first-order valence-electron chi connectivity index (χ1n) is 11.9. The van der Waals surface area contributed by atoms with E-state index < -0.39 is 5.54 Å². The summed E-state index contributed by atoms with van der Waals surface area (Å²) in [6.45, 7) is 6.72. The van der Waals surface area contributed by atoms with Crippen LogP contribution >= 0.6 is 11.6 Å². The molecule has 0 radical (unpaired) electrons. The Hall–Kier alpha value is -4.22. The van der Waals surface area contributed by atoms with Gasteiger partial charge in [0.1, 0.15) is 5.54 Å². The summed E-state index contributed by atoms with van der Waals surface area (Å²) in [5, 5.41) is 6.76. The number of nitrogens with zero attached hydrogens (tertiary/aromatic N) is 2. The second-order valence-corrected chi connectivity index (χ2v) is 9.48.